The molecule has 1 unspecified atom stereocenters. The number of hydrogen-bond acceptors (Lipinski definition) is 2. The Hall–Kier alpha value is -0.370. The van der Waals surface area contributed by atoms with Crippen LogP contribution < -0.4 is 0 Å². The van der Waals surface area contributed by atoms with Crippen molar-refractivity contribution in [1.82, 2.24) is 0 Å². The van der Waals surface area contributed by atoms with Crippen LogP contribution in [0.25, 0.3) is 0 Å². The Morgan fingerprint density at radius 1 is 1.75 bits per heavy atom. The van der Waals surface area contributed by atoms with Crippen LogP contribution >= 0.6 is 0 Å². The number of rotatable bonds is 4. The first-order valence-corrected chi connectivity index (χ1v) is 2.91. The van der Waals surface area contributed by atoms with Gasteiger partial charge in [-0.3, -0.25) is 0 Å². The van der Waals surface area contributed by atoms with Gasteiger partial charge in [0.1, 0.15) is 6.29 Å². The second-order valence-electron chi connectivity index (χ2n) is 1.82. The van der Waals surface area contributed by atoms with Gasteiger partial charge in [0.2, 0.25) is 0 Å². The summed E-state index contributed by atoms with van der Waals surface area (Å²) in [5.74, 6) is 0.0694. The first-order valence-electron chi connectivity index (χ1n) is 2.91. The lowest BCUT2D eigenvalue weighted by Crippen LogP contribution is -2.01. The molecule has 48 valence electrons. The number of aliphatic hydroxyl groups excluding tert-OH is 1. The standard InChI is InChI=1S/C6H12O2/c1-2-6(5-8)3-4-7/h5-7H,2-4H2,1H3. The minimum absolute atomic E-state index is 0.0694. The van der Waals surface area contributed by atoms with Gasteiger partial charge in [-0.1, -0.05) is 6.92 Å². The maximum atomic E-state index is 10.0. The van der Waals surface area contributed by atoms with Gasteiger partial charge in [-0.15, -0.1) is 0 Å². The van der Waals surface area contributed by atoms with Crippen molar-refractivity contribution in [3.8, 4) is 0 Å². The van der Waals surface area contributed by atoms with Gasteiger partial charge in [0.25, 0.3) is 0 Å². The summed E-state index contributed by atoms with van der Waals surface area (Å²) in [5, 5.41) is 8.34. The molecule has 0 aliphatic carbocycles. The van der Waals surface area contributed by atoms with Crippen molar-refractivity contribution in [1.29, 1.82) is 0 Å². The van der Waals surface area contributed by atoms with Gasteiger partial charge in [-0.25, -0.2) is 0 Å². The maximum absolute atomic E-state index is 10.0. The maximum Gasteiger partial charge on any atom is 0.123 e. The molecule has 0 radical (unpaired) electrons. The van der Waals surface area contributed by atoms with E-state index < -0.39 is 0 Å². The van der Waals surface area contributed by atoms with E-state index >= 15 is 0 Å². The van der Waals surface area contributed by atoms with Crippen molar-refractivity contribution in [3.63, 3.8) is 0 Å². The summed E-state index contributed by atoms with van der Waals surface area (Å²) in [4.78, 5) is 10.0. The molecule has 1 N–H and O–H groups in total. The first-order chi connectivity index (χ1) is 3.85. The molecule has 0 aliphatic heterocycles. The molecule has 0 aromatic heterocycles. The fourth-order valence-electron chi connectivity index (χ4n) is 0.534. The zero-order valence-corrected chi connectivity index (χ0v) is 5.13. The quantitative estimate of drug-likeness (QED) is 0.546. The van der Waals surface area contributed by atoms with E-state index in [1.165, 1.54) is 0 Å². The fraction of sp³-hybridized carbons (Fsp3) is 0.833. The van der Waals surface area contributed by atoms with Gasteiger partial charge in [-0.2, -0.15) is 0 Å². The molecule has 1 atom stereocenters. The van der Waals surface area contributed by atoms with E-state index in [-0.39, 0.29) is 12.5 Å². The molecule has 0 rings (SSSR count). The van der Waals surface area contributed by atoms with Crippen LogP contribution in [0.15, 0.2) is 0 Å². The largest absolute Gasteiger partial charge is 0.396 e. The molecule has 0 aromatic rings. The normalized spacial score (nSPS) is 13.2. The van der Waals surface area contributed by atoms with Crippen LogP contribution in [0.4, 0.5) is 0 Å². The monoisotopic (exact) mass is 116 g/mol. The molecule has 0 amide bonds. The Morgan fingerprint density at radius 3 is 2.50 bits per heavy atom. The molecule has 0 heterocycles. The molecule has 0 aliphatic rings. The molecular formula is C6H12O2. The highest BCUT2D eigenvalue weighted by Crippen LogP contribution is 2.01. The number of aldehydes is 1. The lowest BCUT2D eigenvalue weighted by molar-refractivity contribution is -0.111. The second kappa shape index (κ2) is 4.78. The molecule has 0 saturated heterocycles. The van der Waals surface area contributed by atoms with Crippen molar-refractivity contribution >= 4 is 6.29 Å². The molecular weight excluding hydrogens is 104 g/mol. The molecule has 0 spiro atoms. The Labute approximate surface area is 49.5 Å². The Balaban J connectivity index is 3.21. The summed E-state index contributed by atoms with van der Waals surface area (Å²) in [6.45, 7) is 2.06. The van der Waals surface area contributed by atoms with E-state index in [1.54, 1.807) is 0 Å². The fourth-order valence-corrected chi connectivity index (χ4v) is 0.534. The summed E-state index contributed by atoms with van der Waals surface area (Å²) >= 11 is 0. The molecule has 0 fully saturated rings. The van der Waals surface area contributed by atoms with Gasteiger partial charge >= 0.3 is 0 Å². The van der Waals surface area contributed by atoms with E-state index in [0.717, 1.165) is 12.7 Å². The van der Waals surface area contributed by atoms with E-state index in [1.807, 2.05) is 6.92 Å². The van der Waals surface area contributed by atoms with E-state index in [2.05, 4.69) is 0 Å². The van der Waals surface area contributed by atoms with Crippen molar-refractivity contribution < 1.29 is 9.90 Å². The SMILES string of the molecule is CCC(C=O)CCO. The van der Waals surface area contributed by atoms with Gasteiger partial charge in [0.05, 0.1) is 0 Å². The third-order valence-electron chi connectivity index (χ3n) is 1.22. The first kappa shape index (κ1) is 7.63. The Morgan fingerprint density at radius 2 is 2.38 bits per heavy atom. The predicted octanol–water partition coefficient (Wildman–Crippen LogP) is 0.594. The van der Waals surface area contributed by atoms with Crippen LogP contribution in [0.5, 0.6) is 0 Å². The summed E-state index contributed by atoms with van der Waals surface area (Å²) in [6.07, 6.45) is 2.35. The molecule has 0 saturated carbocycles. The van der Waals surface area contributed by atoms with Crippen molar-refractivity contribution in [2.75, 3.05) is 6.61 Å². The topological polar surface area (TPSA) is 37.3 Å². The van der Waals surface area contributed by atoms with Gasteiger partial charge < -0.3 is 9.90 Å². The Kier molecular flexibility index (Phi) is 4.56. The van der Waals surface area contributed by atoms with Crippen LogP contribution in [0.3, 0.4) is 0 Å². The predicted molar refractivity (Wildman–Crippen MR) is 31.5 cm³/mol. The average Bonchev–Trinajstić information content (AvgIpc) is 1.83. The summed E-state index contributed by atoms with van der Waals surface area (Å²) in [6, 6.07) is 0. The van der Waals surface area contributed by atoms with Crippen molar-refractivity contribution in [2.45, 2.75) is 19.8 Å². The summed E-state index contributed by atoms with van der Waals surface area (Å²) in [5.41, 5.74) is 0. The number of carbonyl (C=O) groups is 1. The lowest BCUT2D eigenvalue weighted by Gasteiger charge is -2.00. The zero-order chi connectivity index (χ0) is 6.41. The number of hydrogen-bond donors (Lipinski definition) is 1. The summed E-state index contributed by atoms with van der Waals surface area (Å²) < 4.78 is 0. The molecule has 8 heavy (non-hydrogen) atoms. The average molecular weight is 116 g/mol. The minimum atomic E-state index is 0.0694. The molecule has 2 heteroatoms. The second-order valence-corrected chi connectivity index (χ2v) is 1.82. The third-order valence-corrected chi connectivity index (χ3v) is 1.22. The molecule has 0 bridgehead atoms. The van der Waals surface area contributed by atoms with Crippen LogP contribution in [0, 0.1) is 5.92 Å². The van der Waals surface area contributed by atoms with Crippen LogP contribution in [0.2, 0.25) is 0 Å². The number of carbonyl (C=O) groups excluding carboxylic acids is 1. The van der Waals surface area contributed by atoms with Gasteiger partial charge in [0, 0.05) is 12.5 Å². The van der Waals surface area contributed by atoms with Crippen LogP contribution in [-0.4, -0.2) is 18.0 Å². The smallest absolute Gasteiger partial charge is 0.123 e. The molecule has 2 nitrogen and oxygen atoms in total. The Bertz CT molecular complexity index is 61.5. The van der Waals surface area contributed by atoms with E-state index in [4.69, 9.17) is 5.11 Å². The minimum Gasteiger partial charge on any atom is -0.396 e. The van der Waals surface area contributed by atoms with Crippen LogP contribution in [0.1, 0.15) is 19.8 Å². The van der Waals surface area contributed by atoms with Gasteiger partial charge in [0.15, 0.2) is 0 Å². The molecule has 0 aromatic carbocycles. The van der Waals surface area contributed by atoms with E-state index in [9.17, 15) is 4.79 Å². The van der Waals surface area contributed by atoms with Crippen molar-refractivity contribution in [2.24, 2.45) is 5.92 Å². The third kappa shape index (κ3) is 2.75. The van der Waals surface area contributed by atoms with Crippen LogP contribution in [-0.2, 0) is 4.79 Å². The highest BCUT2D eigenvalue weighted by atomic mass is 16.3. The zero-order valence-electron chi connectivity index (χ0n) is 5.13. The highest BCUT2D eigenvalue weighted by Gasteiger charge is 2.00. The lowest BCUT2D eigenvalue weighted by atomic mass is 10.1. The summed E-state index contributed by atoms with van der Waals surface area (Å²) in [7, 11) is 0. The van der Waals surface area contributed by atoms with Gasteiger partial charge in [-0.05, 0) is 12.8 Å². The number of aliphatic hydroxyl groups is 1. The van der Waals surface area contributed by atoms with E-state index in [0.29, 0.717) is 6.42 Å². The highest BCUT2D eigenvalue weighted by molar-refractivity contribution is 5.53. The van der Waals surface area contributed by atoms with Crippen molar-refractivity contribution in [3.05, 3.63) is 0 Å².